The molecule has 0 aliphatic heterocycles. The van der Waals surface area contributed by atoms with Crippen LogP contribution in [-0.2, 0) is 0 Å². The SMILES string of the molecule is Cc1c(-c2ccccc2Nc2ccc(-c3ccccc3)cc2)ccc2c1c1ccccc1n2-c1ccc2ccccc2c1. The van der Waals surface area contributed by atoms with Crippen LogP contribution in [0.15, 0.2) is 158 Å². The zero-order valence-electron chi connectivity index (χ0n) is 24.0. The highest BCUT2D eigenvalue weighted by atomic mass is 15.0. The quantitative estimate of drug-likeness (QED) is 0.225. The van der Waals surface area contributed by atoms with Crippen LogP contribution in [0.4, 0.5) is 11.4 Å². The van der Waals surface area contributed by atoms with Gasteiger partial charge in [-0.2, -0.15) is 0 Å². The molecule has 0 saturated heterocycles. The fourth-order valence-corrected chi connectivity index (χ4v) is 6.48. The number of benzene rings is 7. The lowest BCUT2D eigenvalue weighted by Gasteiger charge is -2.16. The third-order valence-electron chi connectivity index (χ3n) is 8.58. The number of rotatable bonds is 5. The van der Waals surface area contributed by atoms with E-state index in [1.807, 2.05) is 0 Å². The standard InChI is InChI=1S/C41H30N2/c1-28-35(36-15-7-9-17-38(36)42-33-22-19-31(20-23-33)29-11-3-2-4-12-29)25-26-40-41(28)37-16-8-10-18-39(37)43(40)34-24-21-30-13-5-6-14-32(30)27-34/h2-27,42H,1H3. The maximum Gasteiger partial charge on any atom is 0.0544 e. The van der Waals surface area contributed by atoms with Gasteiger partial charge < -0.3 is 9.88 Å². The summed E-state index contributed by atoms with van der Waals surface area (Å²) in [6.45, 7) is 2.26. The number of aryl methyl sites for hydroxylation is 1. The Labute approximate surface area is 251 Å². The van der Waals surface area contributed by atoms with Crippen LogP contribution in [0.2, 0.25) is 0 Å². The van der Waals surface area contributed by atoms with Crippen molar-refractivity contribution in [3.8, 4) is 27.9 Å². The first-order chi connectivity index (χ1) is 21.2. The van der Waals surface area contributed by atoms with Crippen LogP contribution >= 0.6 is 0 Å². The van der Waals surface area contributed by atoms with E-state index in [1.165, 1.54) is 66.1 Å². The predicted octanol–water partition coefficient (Wildman–Crippen LogP) is 11.3. The van der Waals surface area contributed by atoms with Gasteiger partial charge in [0.1, 0.15) is 0 Å². The zero-order valence-corrected chi connectivity index (χ0v) is 24.0. The van der Waals surface area contributed by atoms with Crippen molar-refractivity contribution in [2.45, 2.75) is 6.92 Å². The molecule has 8 aromatic rings. The summed E-state index contributed by atoms with van der Waals surface area (Å²) >= 11 is 0. The normalized spacial score (nSPS) is 11.4. The Kier molecular flexibility index (Phi) is 6.05. The van der Waals surface area contributed by atoms with Crippen molar-refractivity contribution < 1.29 is 0 Å². The monoisotopic (exact) mass is 550 g/mol. The highest BCUT2D eigenvalue weighted by Crippen LogP contribution is 2.41. The fraction of sp³-hybridized carbons (Fsp3) is 0.0244. The molecule has 0 fully saturated rings. The van der Waals surface area contributed by atoms with Crippen molar-refractivity contribution in [1.29, 1.82) is 0 Å². The first-order valence-corrected chi connectivity index (χ1v) is 14.8. The molecule has 0 radical (unpaired) electrons. The number of anilines is 2. The first-order valence-electron chi connectivity index (χ1n) is 14.8. The molecule has 1 heterocycles. The van der Waals surface area contributed by atoms with Crippen molar-refractivity contribution in [2.75, 3.05) is 5.32 Å². The highest BCUT2D eigenvalue weighted by Gasteiger charge is 2.18. The number of hydrogen-bond acceptors (Lipinski definition) is 1. The van der Waals surface area contributed by atoms with Gasteiger partial charge in [0, 0.05) is 33.4 Å². The molecule has 0 amide bonds. The number of fused-ring (bicyclic) bond motifs is 4. The summed E-state index contributed by atoms with van der Waals surface area (Å²) in [5.41, 5.74) is 11.9. The van der Waals surface area contributed by atoms with Crippen LogP contribution in [0.3, 0.4) is 0 Å². The zero-order chi connectivity index (χ0) is 28.8. The first kappa shape index (κ1) is 25.1. The summed E-state index contributed by atoms with van der Waals surface area (Å²) < 4.78 is 2.41. The fourth-order valence-electron chi connectivity index (χ4n) is 6.48. The molecule has 2 heteroatoms. The van der Waals surface area contributed by atoms with Crippen LogP contribution in [0, 0.1) is 6.92 Å². The van der Waals surface area contributed by atoms with Gasteiger partial charge in [-0.05, 0) is 82.4 Å². The molecule has 0 aliphatic rings. The largest absolute Gasteiger partial charge is 0.355 e. The average molecular weight is 551 g/mol. The van der Waals surface area contributed by atoms with Crippen LogP contribution in [0.1, 0.15) is 5.56 Å². The lowest BCUT2D eigenvalue weighted by molar-refractivity contribution is 1.18. The lowest BCUT2D eigenvalue weighted by atomic mass is 9.95. The van der Waals surface area contributed by atoms with Crippen molar-refractivity contribution in [3.63, 3.8) is 0 Å². The smallest absolute Gasteiger partial charge is 0.0544 e. The van der Waals surface area contributed by atoms with E-state index < -0.39 is 0 Å². The molecule has 0 saturated carbocycles. The van der Waals surface area contributed by atoms with Crippen molar-refractivity contribution in [1.82, 2.24) is 4.57 Å². The molecule has 8 rings (SSSR count). The molecule has 1 N–H and O–H groups in total. The summed E-state index contributed by atoms with van der Waals surface area (Å²) in [5.74, 6) is 0. The minimum absolute atomic E-state index is 1.07. The summed E-state index contributed by atoms with van der Waals surface area (Å²) in [5, 5.41) is 8.77. The Morgan fingerprint density at radius 2 is 1.19 bits per heavy atom. The van der Waals surface area contributed by atoms with Gasteiger partial charge in [-0.25, -0.2) is 0 Å². The van der Waals surface area contributed by atoms with E-state index in [1.54, 1.807) is 0 Å². The third-order valence-corrected chi connectivity index (χ3v) is 8.58. The Morgan fingerprint density at radius 1 is 0.488 bits per heavy atom. The summed E-state index contributed by atoms with van der Waals surface area (Å²) in [6, 6.07) is 56.5. The molecular formula is C41H30N2. The number of nitrogens with one attached hydrogen (secondary N) is 1. The maximum absolute atomic E-state index is 3.70. The Hall–Kier alpha value is -5.60. The Balaban J connectivity index is 1.24. The molecule has 0 atom stereocenters. The molecule has 0 unspecified atom stereocenters. The minimum atomic E-state index is 1.07. The molecule has 0 bridgehead atoms. The van der Waals surface area contributed by atoms with Gasteiger partial charge in [-0.15, -0.1) is 0 Å². The van der Waals surface area contributed by atoms with E-state index in [0.29, 0.717) is 0 Å². The van der Waals surface area contributed by atoms with E-state index in [-0.39, 0.29) is 0 Å². The van der Waals surface area contributed by atoms with Gasteiger partial charge in [-0.3, -0.25) is 0 Å². The van der Waals surface area contributed by atoms with Gasteiger partial charge in [0.2, 0.25) is 0 Å². The molecule has 204 valence electrons. The number of para-hydroxylation sites is 2. The third kappa shape index (κ3) is 4.36. The van der Waals surface area contributed by atoms with E-state index in [9.17, 15) is 0 Å². The Morgan fingerprint density at radius 3 is 2.05 bits per heavy atom. The van der Waals surface area contributed by atoms with Gasteiger partial charge in [-0.1, -0.05) is 115 Å². The topological polar surface area (TPSA) is 17.0 Å². The summed E-state index contributed by atoms with van der Waals surface area (Å²) in [4.78, 5) is 0. The molecule has 0 spiro atoms. The average Bonchev–Trinajstić information content (AvgIpc) is 3.41. The van der Waals surface area contributed by atoms with Crippen LogP contribution in [0.5, 0.6) is 0 Å². The van der Waals surface area contributed by atoms with E-state index in [2.05, 4.69) is 175 Å². The number of aromatic nitrogens is 1. The summed E-state index contributed by atoms with van der Waals surface area (Å²) in [6.07, 6.45) is 0. The molecule has 7 aromatic carbocycles. The number of hydrogen-bond donors (Lipinski definition) is 1. The van der Waals surface area contributed by atoms with E-state index >= 15 is 0 Å². The molecule has 43 heavy (non-hydrogen) atoms. The van der Waals surface area contributed by atoms with E-state index in [4.69, 9.17) is 0 Å². The second kappa shape index (κ2) is 10.3. The number of nitrogens with zero attached hydrogens (tertiary/aromatic N) is 1. The maximum atomic E-state index is 3.70. The second-order valence-electron chi connectivity index (χ2n) is 11.1. The molecule has 1 aromatic heterocycles. The molecule has 2 nitrogen and oxygen atoms in total. The predicted molar refractivity (Wildman–Crippen MR) is 184 cm³/mol. The van der Waals surface area contributed by atoms with Crippen molar-refractivity contribution in [2.24, 2.45) is 0 Å². The van der Waals surface area contributed by atoms with Crippen molar-refractivity contribution >= 4 is 44.0 Å². The van der Waals surface area contributed by atoms with Crippen LogP contribution < -0.4 is 5.32 Å². The van der Waals surface area contributed by atoms with Gasteiger partial charge in [0.05, 0.1) is 11.0 Å². The lowest BCUT2D eigenvalue weighted by Crippen LogP contribution is -1.96. The van der Waals surface area contributed by atoms with Crippen LogP contribution in [0.25, 0.3) is 60.5 Å². The van der Waals surface area contributed by atoms with Gasteiger partial charge in [0.15, 0.2) is 0 Å². The minimum Gasteiger partial charge on any atom is -0.355 e. The summed E-state index contributed by atoms with van der Waals surface area (Å²) in [7, 11) is 0. The van der Waals surface area contributed by atoms with Crippen LogP contribution in [-0.4, -0.2) is 4.57 Å². The molecular weight excluding hydrogens is 520 g/mol. The Bertz CT molecular complexity index is 2260. The second-order valence-corrected chi connectivity index (χ2v) is 11.1. The molecule has 0 aliphatic carbocycles. The highest BCUT2D eigenvalue weighted by molar-refractivity contribution is 6.13. The van der Waals surface area contributed by atoms with Gasteiger partial charge in [0.25, 0.3) is 0 Å². The van der Waals surface area contributed by atoms with Gasteiger partial charge >= 0.3 is 0 Å². The van der Waals surface area contributed by atoms with E-state index in [0.717, 1.165) is 11.4 Å². The van der Waals surface area contributed by atoms with Crippen molar-refractivity contribution in [3.05, 3.63) is 163 Å².